The monoisotopic (exact) mass is 472 g/mol. The lowest BCUT2D eigenvalue weighted by Gasteiger charge is -2.50. The Balaban J connectivity index is 1.72. The number of ether oxygens (including phenoxy) is 4. The summed E-state index contributed by atoms with van der Waals surface area (Å²) in [5.41, 5.74) is 1.69. The maximum absolute atomic E-state index is 11.9. The third kappa shape index (κ3) is 4.42. The van der Waals surface area contributed by atoms with Gasteiger partial charge in [-0.1, -0.05) is 6.92 Å². The van der Waals surface area contributed by atoms with Crippen LogP contribution in [0.2, 0.25) is 0 Å². The molecule has 0 aliphatic heterocycles. The van der Waals surface area contributed by atoms with Crippen LogP contribution in [0.4, 0.5) is 0 Å². The highest BCUT2D eigenvalue weighted by Crippen LogP contribution is 2.63. The van der Waals surface area contributed by atoms with Crippen LogP contribution in [-0.2, 0) is 35.1 Å². The normalized spacial score (nSPS) is 31.4. The lowest BCUT2D eigenvalue weighted by molar-refractivity contribution is -0.171. The number of rotatable bonds is 4. The molecule has 184 valence electrons. The van der Waals surface area contributed by atoms with E-state index in [2.05, 4.69) is 6.92 Å². The first-order chi connectivity index (χ1) is 16.0. The number of aryl methyl sites for hydroxylation is 1. The minimum Gasteiger partial charge on any atom is -0.459 e. The van der Waals surface area contributed by atoms with Crippen LogP contribution >= 0.6 is 0 Å². The number of hydrogen-bond donors (Lipinski definition) is 0. The average molecular weight is 473 g/mol. The SMILES string of the molecule is CC(=O)Oc1cc2c(c(OC(C)=O)c1)[C@H]1CC[C@]3(C)[C@H](OC(C)=O)[C@H](OC(C)=O)C[C@H]3[C@H]1CC2. The van der Waals surface area contributed by atoms with Crippen LogP contribution in [0.3, 0.4) is 0 Å². The van der Waals surface area contributed by atoms with Gasteiger partial charge in [0.25, 0.3) is 0 Å². The van der Waals surface area contributed by atoms with Crippen molar-refractivity contribution in [2.75, 3.05) is 0 Å². The summed E-state index contributed by atoms with van der Waals surface area (Å²) in [6, 6.07) is 3.49. The molecule has 8 nitrogen and oxygen atoms in total. The minimum absolute atomic E-state index is 0.136. The van der Waals surface area contributed by atoms with E-state index >= 15 is 0 Å². The van der Waals surface area contributed by atoms with Crippen LogP contribution in [0.15, 0.2) is 12.1 Å². The van der Waals surface area contributed by atoms with Crippen molar-refractivity contribution in [2.24, 2.45) is 17.3 Å². The lowest BCUT2D eigenvalue weighted by Crippen LogP contribution is -2.46. The number of esters is 4. The largest absolute Gasteiger partial charge is 0.459 e. The van der Waals surface area contributed by atoms with Gasteiger partial charge in [0.15, 0.2) is 0 Å². The molecule has 6 atom stereocenters. The standard InChI is InChI=1S/C26H32O8/c1-13(27)31-18-10-17-6-7-19-20(24(17)22(11-18)32-14(2)28)8-9-26(5)21(19)12-23(33-15(3)29)25(26)34-16(4)30/h10-11,19-21,23,25H,6-9,12H2,1-5H3/t19-,20-,21-,23+,25+,26-/m0/s1. The van der Waals surface area contributed by atoms with Gasteiger partial charge in [0.1, 0.15) is 23.7 Å². The van der Waals surface area contributed by atoms with Crippen LogP contribution in [0.25, 0.3) is 0 Å². The molecule has 0 N–H and O–H groups in total. The molecule has 0 radical (unpaired) electrons. The Labute approximate surface area is 199 Å². The van der Waals surface area contributed by atoms with Gasteiger partial charge in [-0.3, -0.25) is 19.2 Å². The fourth-order valence-electron chi connectivity index (χ4n) is 6.77. The molecular formula is C26H32O8. The molecule has 0 bridgehead atoms. The molecule has 3 aliphatic carbocycles. The molecule has 3 aliphatic rings. The van der Waals surface area contributed by atoms with Gasteiger partial charge in [-0.25, -0.2) is 0 Å². The summed E-state index contributed by atoms with van der Waals surface area (Å²) in [4.78, 5) is 47.1. The Bertz CT molecular complexity index is 1030. The molecule has 0 heterocycles. The first kappa shape index (κ1) is 24.2. The Morgan fingerprint density at radius 1 is 0.882 bits per heavy atom. The van der Waals surface area contributed by atoms with E-state index in [-0.39, 0.29) is 35.1 Å². The fraction of sp³-hybridized carbons (Fsp3) is 0.615. The summed E-state index contributed by atoms with van der Waals surface area (Å²) < 4.78 is 22.3. The van der Waals surface area contributed by atoms with E-state index in [0.717, 1.165) is 36.8 Å². The van der Waals surface area contributed by atoms with Gasteiger partial charge in [0.05, 0.1) is 0 Å². The second-order valence-corrected chi connectivity index (χ2v) is 10.1. The van der Waals surface area contributed by atoms with Crippen LogP contribution in [0, 0.1) is 17.3 Å². The Kier molecular flexibility index (Phi) is 6.44. The highest BCUT2D eigenvalue weighted by atomic mass is 16.6. The van der Waals surface area contributed by atoms with Gasteiger partial charge in [0, 0.05) is 44.7 Å². The summed E-state index contributed by atoms with van der Waals surface area (Å²) in [7, 11) is 0. The van der Waals surface area contributed by atoms with Crippen LogP contribution in [0.5, 0.6) is 11.5 Å². The van der Waals surface area contributed by atoms with E-state index in [9.17, 15) is 19.2 Å². The third-order valence-corrected chi connectivity index (χ3v) is 7.79. The second kappa shape index (κ2) is 9.04. The number of fused-ring (bicyclic) bond motifs is 5. The van der Waals surface area contributed by atoms with E-state index in [1.165, 1.54) is 27.7 Å². The summed E-state index contributed by atoms with van der Waals surface area (Å²) >= 11 is 0. The molecule has 0 saturated heterocycles. The first-order valence-electron chi connectivity index (χ1n) is 11.9. The number of carbonyl (C=O) groups is 4. The summed E-state index contributed by atoms with van der Waals surface area (Å²) in [6.07, 6.45) is 2.88. The zero-order valence-electron chi connectivity index (χ0n) is 20.3. The van der Waals surface area contributed by atoms with Crippen molar-refractivity contribution in [1.82, 2.24) is 0 Å². The Morgan fingerprint density at radius 3 is 2.18 bits per heavy atom. The molecule has 0 aromatic heterocycles. The zero-order valence-corrected chi connectivity index (χ0v) is 20.3. The average Bonchev–Trinajstić information content (AvgIpc) is 2.97. The first-order valence-corrected chi connectivity index (χ1v) is 11.9. The van der Waals surface area contributed by atoms with Gasteiger partial charge >= 0.3 is 23.9 Å². The van der Waals surface area contributed by atoms with E-state index in [0.29, 0.717) is 17.9 Å². The Hall–Kier alpha value is -2.90. The summed E-state index contributed by atoms with van der Waals surface area (Å²) in [6.45, 7) is 7.59. The molecule has 34 heavy (non-hydrogen) atoms. The van der Waals surface area contributed by atoms with Gasteiger partial charge in [-0.05, 0) is 61.5 Å². The molecule has 0 unspecified atom stereocenters. The number of hydrogen-bond acceptors (Lipinski definition) is 8. The maximum Gasteiger partial charge on any atom is 0.308 e. The topological polar surface area (TPSA) is 105 Å². The van der Waals surface area contributed by atoms with Crippen molar-refractivity contribution in [3.63, 3.8) is 0 Å². The van der Waals surface area contributed by atoms with Crippen molar-refractivity contribution in [1.29, 1.82) is 0 Å². The third-order valence-electron chi connectivity index (χ3n) is 7.79. The van der Waals surface area contributed by atoms with E-state index in [1.807, 2.05) is 6.07 Å². The van der Waals surface area contributed by atoms with Gasteiger partial charge < -0.3 is 18.9 Å². The smallest absolute Gasteiger partial charge is 0.308 e. The molecule has 2 saturated carbocycles. The Morgan fingerprint density at radius 2 is 1.56 bits per heavy atom. The fourth-order valence-corrected chi connectivity index (χ4v) is 6.77. The predicted molar refractivity (Wildman–Crippen MR) is 120 cm³/mol. The van der Waals surface area contributed by atoms with Crippen molar-refractivity contribution < 1.29 is 38.1 Å². The molecule has 8 heteroatoms. The maximum atomic E-state index is 11.9. The molecule has 1 aromatic carbocycles. The quantitative estimate of drug-likeness (QED) is 0.480. The highest BCUT2D eigenvalue weighted by molar-refractivity contribution is 5.72. The van der Waals surface area contributed by atoms with E-state index in [1.54, 1.807) is 6.07 Å². The second-order valence-electron chi connectivity index (χ2n) is 10.1. The molecule has 0 amide bonds. The van der Waals surface area contributed by atoms with Crippen LogP contribution < -0.4 is 9.47 Å². The van der Waals surface area contributed by atoms with Crippen LogP contribution in [0.1, 0.15) is 77.3 Å². The molecule has 2 fully saturated rings. The van der Waals surface area contributed by atoms with Gasteiger partial charge in [-0.15, -0.1) is 0 Å². The summed E-state index contributed by atoms with van der Waals surface area (Å²) in [5.74, 6) is -0.273. The zero-order chi connectivity index (χ0) is 24.8. The van der Waals surface area contributed by atoms with Crippen molar-refractivity contribution >= 4 is 23.9 Å². The number of benzene rings is 1. The van der Waals surface area contributed by atoms with Crippen molar-refractivity contribution in [2.45, 2.75) is 84.8 Å². The lowest BCUT2D eigenvalue weighted by atomic mass is 9.55. The summed E-state index contributed by atoms with van der Waals surface area (Å²) in [5, 5.41) is 0. The van der Waals surface area contributed by atoms with E-state index in [4.69, 9.17) is 18.9 Å². The van der Waals surface area contributed by atoms with Crippen molar-refractivity contribution in [3.05, 3.63) is 23.3 Å². The minimum atomic E-state index is -0.486. The van der Waals surface area contributed by atoms with Crippen LogP contribution in [-0.4, -0.2) is 36.1 Å². The molecule has 1 aromatic rings. The number of carbonyl (C=O) groups excluding carboxylic acids is 4. The van der Waals surface area contributed by atoms with Crippen molar-refractivity contribution in [3.8, 4) is 11.5 Å². The predicted octanol–water partition coefficient (Wildman–Crippen LogP) is 3.87. The molecular weight excluding hydrogens is 440 g/mol. The van der Waals surface area contributed by atoms with E-state index < -0.39 is 24.1 Å². The molecule has 4 rings (SSSR count). The van der Waals surface area contributed by atoms with Gasteiger partial charge in [0.2, 0.25) is 0 Å². The highest BCUT2D eigenvalue weighted by Gasteiger charge is 2.61. The van der Waals surface area contributed by atoms with Gasteiger partial charge in [-0.2, -0.15) is 0 Å². The molecule has 0 spiro atoms.